The van der Waals surface area contributed by atoms with Crippen molar-refractivity contribution in [1.29, 1.82) is 0 Å². The van der Waals surface area contributed by atoms with E-state index in [1.807, 2.05) is 6.92 Å². The summed E-state index contributed by atoms with van der Waals surface area (Å²) in [5.74, 6) is 2.82. The van der Waals surface area contributed by atoms with Crippen molar-refractivity contribution in [3.05, 3.63) is 23.2 Å². The van der Waals surface area contributed by atoms with Crippen LogP contribution >= 0.6 is 0 Å². The van der Waals surface area contributed by atoms with Gasteiger partial charge in [-0.05, 0) is 37.8 Å². The highest BCUT2D eigenvalue weighted by atomic mass is 16.3. The number of hydrogen-bond acceptors (Lipinski definition) is 2. The van der Waals surface area contributed by atoms with Crippen molar-refractivity contribution < 1.29 is 4.42 Å². The largest absolute Gasteiger partial charge is 0.464 e. The summed E-state index contributed by atoms with van der Waals surface area (Å²) >= 11 is 0. The highest BCUT2D eigenvalue weighted by Crippen LogP contribution is 2.37. The van der Waals surface area contributed by atoms with Gasteiger partial charge in [0.15, 0.2) is 0 Å². The van der Waals surface area contributed by atoms with Crippen molar-refractivity contribution in [2.45, 2.75) is 39.2 Å². The van der Waals surface area contributed by atoms with E-state index in [9.17, 15) is 0 Å². The lowest BCUT2D eigenvalue weighted by atomic mass is 10.1. The number of rotatable bonds is 3. The van der Waals surface area contributed by atoms with Gasteiger partial charge in [-0.2, -0.15) is 0 Å². The van der Waals surface area contributed by atoms with Gasteiger partial charge in [-0.1, -0.05) is 12.8 Å². The van der Waals surface area contributed by atoms with Crippen molar-refractivity contribution in [2.24, 2.45) is 11.7 Å². The average Bonchev–Trinajstić information content (AvgIpc) is 2.81. The molecule has 0 amide bonds. The van der Waals surface area contributed by atoms with Gasteiger partial charge in [0, 0.05) is 0 Å². The lowest BCUT2D eigenvalue weighted by Gasteiger charge is -2.06. The molecule has 1 aromatic rings. The van der Waals surface area contributed by atoms with E-state index in [-0.39, 0.29) is 6.04 Å². The Labute approximate surface area is 79.1 Å². The Kier molecular flexibility index (Phi) is 2.16. The van der Waals surface area contributed by atoms with E-state index in [1.54, 1.807) is 0 Å². The maximum atomic E-state index is 6.02. The summed E-state index contributed by atoms with van der Waals surface area (Å²) in [5.41, 5.74) is 7.23. The van der Waals surface area contributed by atoms with Crippen LogP contribution in [-0.2, 0) is 0 Å². The van der Waals surface area contributed by atoms with E-state index in [0.29, 0.717) is 0 Å². The Morgan fingerprint density at radius 3 is 2.69 bits per heavy atom. The molecule has 1 fully saturated rings. The van der Waals surface area contributed by atoms with E-state index in [1.165, 1.54) is 18.4 Å². The molecule has 1 atom stereocenters. The molecule has 0 unspecified atom stereocenters. The van der Waals surface area contributed by atoms with Crippen LogP contribution in [0.3, 0.4) is 0 Å². The predicted molar refractivity (Wildman–Crippen MR) is 52.5 cm³/mol. The third kappa shape index (κ3) is 1.94. The topological polar surface area (TPSA) is 39.2 Å². The van der Waals surface area contributed by atoms with Crippen molar-refractivity contribution in [1.82, 2.24) is 0 Å². The minimum atomic E-state index is 0.111. The first-order chi connectivity index (χ1) is 6.16. The standard InChI is InChI=1S/C11H17NO/c1-7-5-11(13-8(7)2)10(12)6-9-3-4-9/h5,9-10H,3-4,6,12H2,1-2H3/t10-/m1/s1. The fraction of sp³-hybridized carbons (Fsp3) is 0.636. The van der Waals surface area contributed by atoms with E-state index < -0.39 is 0 Å². The maximum Gasteiger partial charge on any atom is 0.121 e. The smallest absolute Gasteiger partial charge is 0.121 e. The molecule has 72 valence electrons. The van der Waals surface area contributed by atoms with Crippen LogP contribution in [0.25, 0.3) is 0 Å². The fourth-order valence-electron chi connectivity index (χ4n) is 1.61. The molecule has 1 heterocycles. The van der Waals surface area contributed by atoms with E-state index in [2.05, 4.69) is 13.0 Å². The number of nitrogens with two attached hydrogens (primary N) is 1. The second-order valence-corrected chi connectivity index (χ2v) is 4.17. The van der Waals surface area contributed by atoms with Crippen LogP contribution in [0.5, 0.6) is 0 Å². The lowest BCUT2D eigenvalue weighted by molar-refractivity contribution is 0.424. The van der Waals surface area contributed by atoms with Crippen molar-refractivity contribution >= 4 is 0 Å². The van der Waals surface area contributed by atoms with Crippen LogP contribution in [0.15, 0.2) is 10.5 Å². The fourth-order valence-corrected chi connectivity index (χ4v) is 1.61. The molecule has 1 aliphatic rings. The molecule has 0 radical (unpaired) electrons. The Hall–Kier alpha value is -0.760. The van der Waals surface area contributed by atoms with Gasteiger partial charge >= 0.3 is 0 Å². The third-order valence-electron chi connectivity index (χ3n) is 2.83. The van der Waals surface area contributed by atoms with Crippen LogP contribution in [-0.4, -0.2) is 0 Å². The minimum absolute atomic E-state index is 0.111. The van der Waals surface area contributed by atoms with E-state index in [0.717, 1.165) is 23.9 Å². The van der Waals surface area contributed by atoms with Gasteiger partial charge in [0.2, 0.25) is 0 Å². The minimum Gasteiger partial charge on any atom is -0.464 e. The van der Waals surface area contributed by atoms with Gasteiger partial charge in [0.05, 0.1) is 6.04 Å². The molecule has 2 heteroatoms. The molecule has 2 nitrogen and oxygen atoms in total. The normalized spacial score (nSPS) is 19.0. The molecule has 0 aromatic carbocycles. The predicted octanol–water partition coefficient (Wildman–Crippen LogP) is 2.70. The van der Waals surface area contributed by atoms with Crippen LogP contribution in [0, 0.1) is 19.8 Å². The third-order valence-corrected chi connectivity index (χ3v) is 2.83. The van der Waals surface area contributed by atoms with Gasteiger partial charge in [0.25, 0.3) is 0 Å². The summed E-state index contributed by atoms with van der Waals surface area (Å²) < 4.78 is 5.58. The summed E-state index contributed by atoms with van der Waals surface area (Å²) in [4.78, 5) is 0. The first-order valence-electron chi connectivity index (χ1n) is 4.99. The Balaban J connectivity index is 2.05. The average molecular weight is 179 g/mol. The van der Waals surface area contributed by atoms with E-state index >= 15 is 0 Å². The Morgan fingerprint density at radius 2 is 2.23 bits per heavy atom. The molecule has 1 aromatic heterocycles. The molecular formula is C11H17NO. The van der Waals surface area contributed by atoms with Crippen LogP contribution < -0.4 is 5.73 Å². The molecule has 1 aliphatic carbocycles. The molecule has 0 bridgehead atoms. The maximum absolute atomic E-state index is 6.02. The van der Waals surface area contributed by atoms with Gasteiger partial charge in [-0.3, -0.25) is 0 Å². The van der Waals surface area contributed by atoms with Gasteiger partial charge < -0.3 is 10.2 Å². The number of aryl methyl sites for hydroxylation is 2. The van der Waals surface area contributed by atoms with E-state index in [4.69, 9.17) is 10.2 Å². The monoisotopic (exact) mass is 179 g/mol. The second-order valence-electron chi connectivity index (χ2n) is 4.17. The molecule has 0 spiro atoms. The molecule has 13 heavy (non-hydrogen) atoms. The Morgan fingerprint density at radius 1 is 1.54 bits per heavy atom. The Bertz CT molecular complexity index is 280. The van der Waals surface area contributed by atoms with Gasteiger partial charge in [0.1, 0.15) is 11.5 Å². The molecule has 0 aliphatic heterocycles. The first kappa shape index (κ1) is 8.82. The van der Waals surface area contributed by atoms with Crippen LogP contribution in [0.4, 0.5) is 0 Å². The van der Waals surface area contributed by atoms with Crippen LogP contribution in [0.2, 0.25) is 0 Å². The van der Waals surface area contributed by atoms with Crippen molar-refractivity contribution in [3.8, 4) is 0 Å². The van der Waals surface area contributed by atoms with Gasteiger partial charge in [-0.25, -0.2) is 0 Å². The second kappa shape index (κ2) is 3.18. The molecule has 1 saturated carbocycles. The summed E-state index contributed by atoms with van der Waals surface area (Å²) in [6, 6.07) is 2.18. The van der Waals surface area contributed by atoms with Crippen LogP contribution in [0.1, 0.15) is 42.4 Å². The summed E-state index contributed by atoms with van der Waals surface area (Å²) in [7, 11) is 0. The first-order valence-corrected chi connectivity index (χ1v) is 4.99. The van der Waals surface area contributed by atoms with Gasteiger partial charge in [-0.15, -0.1) is 0 Å². The number of furan rings is 1. The lowest BCUT2D eigenvalue weighted by Crippen LogP contribution is -2.09. The number of hydrogen-bond donors (Lipinski definition) is 1. The summed E-state index contributed by atoms with van der Waals surface area (Å²) in [5, 5.41) is 0. The molecule has 2 rings (SSSR count). The van der Waals surface area contributed by atoms with Crippen molar-refractivity contribution in [3.63, 3.8) is 0 Å². The quantitative estimate of drug-likeness (QED) is 0.774. The summed E-state index contributed by atoms with van der Waals surface area (Å²) in [6.07, 6.45) is 3.80. The zero-order valence-corrected chi connectivity index (χ0v) is 8.34. The molecular weight excluding hydrogens is 162 g/mol. The zero-order valence-electron chi connectivity index (χ0n) is 8.34. The highest BCUT2D eigenvalue weighted by molar-refractivity contribution is 5.20. The highest BCUT2D eigenvalue weighted by Gasteiger charge is 2.25. The zero-order chi connectivity index (χ0) is 9.42. The molecule has 2 N–H and O–H groups in total. The SMILES string of the molecule is Cc1cc([C@H](N)CC2CC2)oc1C. The molecule has 0 saturated heterocycles. The summed E-state index contributed by atoms with van der Waals surface area (Å²) in [6.45, 7) is 4.05. The van der Waals surface area contributed by atoms with Crippen molar-refractivity contribution in [2.75, 3.05) is 0 Å².